The third kappa shape index (κ3) is 3.24. The molecule has 1 amide bonds. The van der Waals surface area contributed by atoms with Crippen molar-refractivity contribution < 1.29 is 18.7 Å². The number of fused-ring (bicyclic) bond motifs is 2. The first-order valence-corrected chi connectivity index (χ1v) is 10.6. The van der Waals surface area contributed by atoms with Crippen LogP contribution in [0.1, 0.15) is 30.3 Å². The molecule has 2 aromatic heterocycles. The Labute approximate surface area is 183 Å². The molecule has 6 rings (SSSR count). The van der Waals surface area contributed by atoms with Gasteiger partial charge in [-0.25, -0.2) is 0 Å². The van der Waals surface area contributed by atoms with Gasteiger partial charge >= 0.3 is 0 Å². The van der Waals surface area contributed by atoms with Crippen molar-refractivity contribution in [3.63, 3.8) is 0 Å². The Morgan fingerprint density at radius 3 is 2.94 bits per heavy atom. The third-order valence-corrected chi connectivity index (χ3v) is 5.97. The maximum Gasteiger partial charge on any atom is 0.267 e. The molecular formula is C24H20N4O4. The summed E-state index contributed by atoms with van der Waals surface area (Å²) in [6.45, 7) is 0.879. The summed E-state index contributed by atoms with van der Waals surface area (Å²) in [5, 5.41) is 10.5. The van der Waals surface area contributed by atoms with Crippen LogP contribution in [0.4, 0.5) is 0 Å². The summed E-state index contributed by atoms with van der Waals surface area (Å²) in [4.78, 5) is 19.4. The van der Waals surface area contributed by atoms with Crippen LogP contribution in [-0.2, 0) is 11.2 Å². The molecule has 2 aromatic carbocycles. The molecular weight excluding hydrogens is 408 g/mol. The smallest absolute Gasteiger partial charge is 0.267 e. The molecule has 0 bridgehead atoms. The second kappa shape index (κ2) is 7.64. The van der Waals surface area contributed by atoms with E-state index in [1.165, 1.54) is 0 Å². The van der Waals surface area contributed by atoms with Crippen molar-refractivity contribution in [2.45, 2.75) is 25.3 Å². The summed E-state index contributed by atoms with van der Waals surface area (Å²) in [7, 11) is 0. The zero-order valence-electron chi connectivity index (χ0n) is 17.2. The lowest BCUT2D eigenvalue weighted by Gasteiger charge is -2.22. The van der Waals surface area contributed by atoms with Crippen LogP contribution >= 0.6 is 0 Å². The minimum atomic E-state index is -0.229. The van der Waals surface area contributed by atoms with Crippen LogP contribution < -0.4 is 9.47 Å². The van der Waals surface area contributed by atoms with Crippen molar-refractivity contribution in [1.82, 2.24) is 20.1 Å². The maximum atomic E-state index is 13.1. The van der Waals surface area contributed by atoms with E-state index in [0.29, 0.717) is 35.5 Å². The summed E-state index contributed by atoms with van der Waals surface area (Å²) in [6.07, 6.45) is 3.69. The average molecular weight is 428 g/mol. The van der Waals surface area contributed by atoms with E-state index in [0.717, 1.165) is 29.2 Å². The maximum absolute atomic E-state index is 13.1. The van der Waals surface area contributed by atoms with E-state index < -0.39 is 0 Å². The lowest BCUT2D eigenvalue weighted by molar-refractivity contribution is -0.131. The van der Waals surface area contributed by atoms with Crippen molar-refractivity contribution in [1.29, 1.82) is 0 Å². The van der Waals surface area contributed by atoms with Crippen LogP contribution in [0, 0.1) is 0 Å². The number of nitrogens with zero attached hydrogens (tertiary/aromatic N) is 4. The highest BCUT2D eigenvalue weighted by Crippen LogP contribution is 2.35. The zero-order valence-corrected chi connectivity index (χ0v) is 17.2. The number of rotatable bonds is 4. The highest BCUT2D eigenvalue weighted by molar-refractivity contribution is 5.92. The molecule has 160 valence electrons. The molecule has 1 atom stereocenters. The van der Waals surface area contributed by atoms with Crippen molar-refractivity contribution in [3.8, 4) is 23.1 Å². The quantitative estimate of drug-likeness (QED) is 0.487. The van der Waals surface area contributed by atoms with Gasteiger partial charge in [0, 0.05) is 18.1 Å². The summed E-state index contributed by atoms with van der Waals surface area (Å²) in [6, 6.07) is 15.3. The Hall–Kier alpha value is -3.94. The molecule has 32 heavy (non-hydrogen) atoms. The Morgan fingerprint density at radius 2 is 1.97 bits per heavy atom. The molecule has 0 radical (unpaired) electrons. The van der Waals surface area contributed by atoms with Gasteiger partial charge in [0.2, 0.25) is 18.6 Å². The van der Waals surface area contributed by atoms with Gasteiger partial charge in [0.1, 0.15) is 11.7 Å². The van der Waals surface area contributed by atoms with E-state index in [1.807, 2.05) is 53.4 Å². The van der Waals surface area contributed by atoms with Gasteiger partial charge < -0.3 is 18.8 Å². The number of pyridine rings is 1. The van der Waals surface area contributed by atoms with Crippen LogP contribution in [0.15, 0.2) is 59.1 Å². The Morgan fingerprint density at radius 1 is 1.06 bits per heavy atom. The van der Waals surface area contributed by atoms with E-state index in [1.54, 1.807) is 6.20 Å². The number of carbonyl (C=O) groups is 1. The van der Waals surface area contributed by atoms with Crippen LogP contribution in [0.3, 0.4) is 0 Å². The van der Waals surface area contributed by atoms with Gasteiger partial charge in [-0.3, -0.25) is 9.78 Å². The molecule has 0 saturated carbocycles. The predicted octanol–water partition coefficient (Wildman–Crippen LogP) is 3.92. The number of amides is 1. The lowest BCUT2D eigenvalue weighted by Crippen LogP contribution is -2.32. The second-order valence-corrected chi connectivity index (χ2v) is 7.94. The van der Waals surface area contributed by atoms with Gasteiger partial charge in [-0.1, -0.05) is 30.3 Å². The summed E-state index contributed by atoms with van der Waals surface area (Å²) in [5.41, 5.74) is 1.54. The Bertz CT molecular complexity index is 1310. The number of benzene rings is 2. The standard InChI is InChI=1S/C24H20N4O4/c29-21(13-15-7-8-19-20(12-15)31-14-30-19)28-11-3-6-18(28)23-26-27-24(32-23)22-17-5-2-1-4-16(17)9-10-25-22/h1-2,4-5,7-10,12,18H,3,6,11,13-14H2. The number of likely N-dealkylation sites (tertiary alicyclic amines) is 1. The third-order valence-electron chi connectivity index (χ3n) is 5.97. The molecule has 8 nitrogen and oxygen atoms in total. The Kier molecular flexibility index (Phi) is 4.49. The van der Waals surface area contributed by atoms with Crippen LogP contribution in [0.2, 0.25) is 0 Å². The number of hydrogen-bond acceptors (Lipinski definition) is 7. The fraction of sp³-hybridized carbons (Fsp3) is 0.250. The van der Waals surface area contributed by atoms with Crippen molar-refractivity contribution in [3.05, 3.63) is 66.2 Å². The van der Waals surface area contributed by atoms with E-state index in [2.05, 4.69) is 15.2 Å². The zero-order chi connectivity index (χ0) is 21.5. The summed E-state index contributed by atoms with van der Waals surface area (Å²) in [5.74, 6) is 2.23. The Balaban J connectivity index is 1.24. The van der Waals surface area contributed by atoms with E-state index in [4.69, 9.17) is 13.9 Å². The molecule has 1 fully saturated rings. The average Bonchev–Trinajstić information content (AvgIpc) is 3.58. The van der Waals surface area contributed by atoms with Gasteiger partial charge in [0.25, 0.3) is 5.89 Å². The van der Waals surface area contributed by atoms with Crippen molar-refractivity contribution in [2.24, 2.45) is 0 Å². The molecule has 8 heteroatoms. The predicted molar refractivity (Wildman–Crippen MR) is 115 cm³/mol. The highest BCUT2D eigenvalue weighted by atomic mass is 16.7. The molecule has 0 aliphatic carbocycles. The molecule has 4 aromatic rings. The van der Waals surface area contributed by atoms with Crippen molar-refractivity contribution in [2.75, 3.05) is 13.3 Å². The molecule has 4 heterocycles. The SMILES string of the molecule is O=C(Cc1ccc2c(c1)OCO2)N1CCCC1c1nnc(-c2nccc3ccccc23)o1. The fourth-order valence-corrected chi connectivity index (χ4v) is 4.40. The van der Waals surface area contributed by atoms with Gasteiger partial charge in [-0.15, -0.1) is 10.2 Å². The van der Waals surface area contributed by atoms with Crippen molar-refractivity contribution >= 4 is 16.7 Å². The molecule has 1 unspecified atom stereocenters. The molecule has 0 N–H and O–H groups in total. The van der Waals surface area contributed by atoms with Crippen LogP contribution in [0.5, 0.6) is 11.5 Å². The summed E-state index contributed by atoms with van der Waals surface area (Å²) < 4.78 is 16.8. The minimum Gasteiger partial charge on any atom is -0.454 e. The fourth-order valence-electron chi connectivity index (χ4n) is 4.40. The van der Waals surface area contributed by atoms with Gasteiger partial charge in [-0.05, 0) is 42.0 Å². The highest BCUT2D eigenvalue weighted by Gasteiger charge is 2.34. The van der Waals surface area contributed by atoms with Gasteiger partial charge in [0.05, 0.1) is 6.42 Å². The van der Waals surface area contributed by atoms with E-state index in [9.17, 15) is 4.79 Å². The molecule has 0 spiro atoms. The number of hydrogen-bond donors (Lipinski definition) is 0. The van der Waals surface area contributed by atoms with E-state index >= 15 is 0 Å². The largest absolute Gasteiger partial charge is 0.454 e. The number of aromatic nitrogens is 3. The first kappa shape index (κ1) is 18.8. The monoisotopic (exact) mass is 428 g/mol. The van der Waals surface area contributed by atoms with Gasteiger partial charge in [-0.2, -0.15) is 0 Å². The minimum absolute atomic E-state index is 0.0226. The topological polar surface area (TPSA) is 90.6 Å². The number of carbonyl (C=O) groups excluding carboxylic acids is 1. The normalized spacial score (nSPS) is 17.2. The number of ether oxygens (including phenoxy) is 2. The molecule has 2 aliphatic heterocycles. The molecule has 1 saturated heterocycles. The summed E-state index contributed by atoms with van der Waals surface area (Å²) >= 11 is 0. The first-order valence-electron chi connectivity index (χ1n) is 10.6. The lowest BCUT2D eigenvalue weighted by atomic mass is 10.1. The second-order valence-electron chi connectivity index (χ2n) is 7.94. The van der Waals surface area contributed by atoms with Crippen LogP contribution in [0.25, 0.3) is 22.4 Å². The first-order chi connectivity index (χ1) is 15.8. The van der Waals surface area contributed by atoms with E-state index in [-0.39, 0.29) is 25.2 Å². The van der Waals surface area contributed by atoms with Gasteiger partial charge in [0.15, 0.2) is 11.5 Å². The van der Waals surface area contributed by atoms with Crippen LogP contribution in [-0.4, -0.2) is 39.3 Å². The molecule has 2 aliphatic rings.